The smallest absolute Gasteiger partial charge is 0.278 e. The van der Waals surface area contributed by atoms with E-state index in [-0.39, 0.29) is 23.9 Å². The van der Waals surface area contributed by atoms with Gasteiger partial charge in [0, 0.05) is 25.9 Å². The van der Waals surface area contributed by atoms with E-state index < -0.39 is 17.6 Å². The topological polar surface area (TPSA) is 67.9 Å². The quantitative estimate of drug-likeness (QED) is 0.501. The van der Waals surface area contributed by atoms with Gasteiger partial charge in [-0.2, -0.15) is 0 Å². The molecule has 7 heteroatoms. The van der Waals surface area contributed by atoms with Gasteiger partial charge in [0.2, 0.25) is 0 Å². The number of imide groups is 1. The molecular formula is C23H25FN2O4. The molecule has 0 saturated heterocycles. The maximum Gasteiger partial charge on any atom is 0.278 e. The first kappa shape index (κ1) is 21.5. The second kappa shape index (κ2) is 9.54. The fourth-order valence-electron chi connectivity index (χ4n) is 3.21. The Kier molecular flexibility index (Phi) is 6.84. The standard InChI is InChI=1S/C23H25FN2O4/c1-15(2)30-19-10-8-16(9-11-19)20-21(25-18-7-4-6-17(24)14-18)23(28)26(22(20)27)12-5-13-29-3/h4,6-11,14-15,25H,5,12-13H2,1-3H3. The minimum atomic E-state index is -0.446. The average Bonchev–Trinajstić information content (AvgIpc) is 2.93. The number of halogens is 1. The normalized spacial score (nSPS) is 14.1. The van der Waals surface area contributed by atoms with Crippen molar-refractivity contribution in [2.24, 2.45) is 0 Å². The first-order valence-electron chi connectivity index (χ1n) is 9.79. The van der Waals surface area contributed by atoms with Gasteiger partial charge in [0.05, 0.1) is 11.7 Å². The Morgan fingerprint density at radius 1 is 1.07 bits per heavy atom. The molecule has 0 aliphatic carbocycles. The number of benzene rings is 2. The van der Waals surface area contributed by atoms with Gasteiger partial charge in [-0.15, -0.1) is 0 Å². The van der Waals surface area contributed by atoms with Crippen LogP contribution in [0.2, 0.25) is 0 Å². The van der Waals surface area contributed by atoms with Crippen LogP contribution in [0.1, 0.15) is 25.8 Å². The minimum absolute atomic E-state index is 0.0197. The van der Waals surface area contributed by atoms with Crippen molar-refractivity contribution in [2.75, 3.05) is 25.6 Å². The number of hydrogen-bond donors (Lipinski definition) is 1. The van der Waals surface area contributed by atoms with Gasteiger partial charge < -0.3 is 14.8 Å². The van der Waals surface area contributed by atoms with Crippen LogP contribution >= 0.6 is 0 Å². The molecule has 1 aliphatic heterocycles. The lowest BCUT2D eigenvalue weighted by molar-refractivity contribution is -0.137. The minimum Gasteiger partial charge on any atom is -0.491 e. The molecule has 1 aliphatic rings. The van der Waals surface area contributed by atoms with Gasteiger partial charge in [0.1, 0.15) is 17.3 Å². The maximum atomic E-state index is 13.6. The Morgan fingerprint density at radius 3 is 2.43 bits per heavy atom. The van der Waals surface area contributed by atoms with E-state index in [1.54, 1.807) is 37.4 Å². The van der Waals surface area contributed by atoms with Crippen LogP contribution in [-0.2, 0) is 14.3 Å². The van der Waals surface area contributed by atoms with E-state index in [0.29, 0.717) is 30.0 Å². The lowest BCUT2D eigenvalue weighted by Gasteiger charge is -2.15. The zero-order chi connectivity index (χ0) is 21.7. The molecule has 0 bridgehead atoms. The summed E-state index contributed by atoms with van der Waals surface area (Å²) >= 11 is 0. The SMILES string of the molecule is COCCCN1C(=O)C(Nc2cccc(F)c2)=C(c2ccc(OC(C)C)cc2)C1=O. The fraction of sp³-hybridized carbons (Fsp3) is 0.304. The van der Waals surface area contributed by atoms with E-state index in [0.717, 1.165) is 0 Å². The fourth-order valence-corrected chi connectivity index (χ4v) is 3.21. The maximum absolute atomic E-state index is 13.6. The third kappa shape index (κ3) is 4.86. The van der Waals surface area contributed by atoms with Gasteiger partial charge in [0.15, 0.2) is 0 Å². The average molecular weight is 412 g/mol. The molecule has 0 unspecified atom stereocenters. The Balaban J connectivity index is 1.96. The predicted molar refractivity (Wildman–Crippen MR) is 112 cm³/mol. The van der Waals surface area contributed by atoms with Crippen LogP contribution < -0.4 is 10.1 Å². The van der Waals surface area contributed by atoms with Gasteiger partial charge in [-0.1, -0.05) is 18.2 Å². The largest absolute Gasteiger partial charge is 0.491 e. The second-order valence-corrected chi connectivity index (χ2v) is 7.18. The molecule has 158 valence electrons. The summed E-state index contributed by atoms with van der Waals surface area (Å²) in [5.74, 6) is -0.612. The van der Waals surface area contributed by atoms with Crippen molar-refractivity contribution < 1.29 is 23.5 Å². The summed E-state index contributed by atoms with van der Waals surface area (Å²) in [5, 5.41) is 2.94. The second-order valence-electron chi connectivity index (χ2n) is 7.18. The summed E-state index contributed by atoms with van der Waals surface area (Å²) in [5.41, 5.74) is 1.35. The van der Waals surface area contributed by atoms with Gasteiger partial charge in [0.25, 0.3) is 11.8 Å². The van der Waals surface area contributed by atoms with Crippen molar-refractivity contribution in [2.45, 2.75) is 26.4 Å². The Labute approximate surface area is 175 Å². The van der Waals surface area contributed by atoms with Gasteiger partial charge in [-0.05, 0) is 56.2 Å². The molecule has 0 saturated carbocycles. The van der Waals surface area contributed by atoms with Crippen molar-refractivity contribution in [3.63, 3.8) is 0 Å². The molecule has 3 rings (SSSR count). The van der Waals surface area contributed by atoms with Crippen LogP contribution in [0.4, 0.5) is 10.1 Å². The van der Waals surface area contributed by atoms with Crippen LogP contribution in [0.15, 0.2) is 54.2 Å². The summed E-state index contributed by atoms with van der Waals surface area (Å²) in [6, 6.07) is 12.8. The number of nitrogens with zero attached hydrogens (tertiary/aromatic N) is 1. The summed E-state index contributed by atoms with van der Waals surface area (Å²) in [4.78, 5) is 27.3. The number of carbonyl (C=O) groups is 2. The number of amides is 2. The summed E-state index contributed by atoms with van der Waals surface area (Å²) in [6.45, 7) is 4.52. The molecular weight excluding hydrogens is 387 g/mol. The molecule has 1 heterocycles. The number of methoxy groups -OCH3 is 1. The Hall–Kier alpha value is -3.19. The summed E-state index contributed by atoms with van der Waals surface area (Å²) in [6.07, 6.45) is 0.543. The number of hydrogen-bond acceptors (Lipinski definition) is 5. The van der Waals surface area contributed by atoms with Crippen molar-refractivity contribution in [3.05, 3.63) is 65.6 Å². The first-order chi connectivity index (χ1) is 14.4. The van der Waals surface area contributed by atoms with Crippen LogP contribution in [0, 0.1) is 5.82 Å². The molecule has 0 spiro atoms. The zero-order valence-electron chi connectivity index (χ0n) is 17.3. The molecule has 0 aromatic heterocycles. The molecule has 0 atom stereocenters. The van der Waals surface area contributed by atoms with Crippen LogP contribution in [-0.4, -0.2) is 43.1 Å². The van der Waals surface area contributed by atoms with E-state index in [1.165, 1.54) is 23.1 Å². The highest BCUT2D eigenvalue weighted by atomic mass is 19.1. The highest BCUT2D eigenvalue weighted by Crippen LogP contribution is 2.31. The van der Waals surface area contributed by atoms with E-state index in [9.17, 15) is 14.0 Å². The summed E-state index contributed by atoms with van der Waals surface area (Å²) in [7, 11) is 1.56. The van der Waals surface area contributed by atoms with Crippen LogP contribution in [0.5, 0.6) is 5.75 Å². The molecule has 0 radical (unpaired) electrons. The molecule has 2 aromatic carbocycles. The first-order valence-corrected chi connectivity index (χ1v) is 9.79. The van der Waals surface area contributed by atoms with Crippen LogP contribution in [0.3, 0.4) is 0 Å². The van der Waals surface area contributed by atoms with Crippen LogP contribution in [0.25, 0.3) is 5.57 Å². The summed E-state index contributed by atoms with van der Waals surface area (Å²) < 4.78 is 24.3. The molecule has 0 fully saturated rings. The lowest BCUT2D eigenvalue weighted by atomic mass is 10.0. The zero-order valence-corrected chi connectivity index (χ0v) is 17.3. The lowest BCUT2D eigenvalue weighted by Crippen LogP contribution is -2.33. The molecule has 6 nitrogen and oxygen atoms in total. The van der Waals surface area contributed by atoms with E-state index in [1.807, 2.05) is 13.8 Å². The molecule has 30 heavy (non-hydrogen) atoms. The highest BCUT2D eigenvalue weighted by molar-refractivity contribution is 6.36. The number of ether oxygens (including phenoxy) is 2. The van der Waals surface area contributed by atoms with E-state index in [4.69, 9.17) is 9.47 Å². The molecule has 1 N–H and O–H groups in total. The van der Waals surface area contributed by atoms with E-state index in [2.05, 4.69) is 5.32 Å². The highest BCUT2D eigenvalue weighted by Gasteiger charge is 2.38. The van der Waals surface area contributed by atoms with Crippen molar-refractivity contribution >= 4 is 23.1 Å². The third-order valence-electron chi connectivity index (χ3n) is 4.51. The number of carbonyl (C=O) groups excluding carboxylic acids is 2. The van der Waals surface area contributed by atoms with Crippen molar-refractivity contribution in [1.29, 1.82) is 0 Å². The monoisotopic (exact) mass is 412 g/mol. The van der Waals surface area contributed by atoms with Gasteiger partial charge in [-0.25, -0.2) is 4.39 Å². The predicted octanol–water partition coefficient (Wildman–Crippen LogP) is 3.84. The third-order valence-corrected chi connectivity index (χ3v) is 4.51. The van der Waals surface area contributed by atoms with Gasteiger partial charge >= 0.3 is 0 Å². The number of anilines is 1. The van der Waals surface area contributed by atoms with E-state index >= 15 is 0 Å². The van der Waals surface area contributed by atoms with Crippen molar-refractivity contribution in [3.8, 4) is 5.75 Å². The Morgan fingerprint density at radius 2 is 1.80 bits per heavy atom. The molecule has 2 amide bonds. The van der Waals surface area contributed by atoms with Gasteiger partial charge in [-0.3, -0.25) is 14.5 Å². The van der Waals surface area contributed by atoms with Crippen molar-refractivity contribution in [1.82, 2.24) is 4.90 Å². The number of nitrogens with one attached hydrogen (secondary N) is 1. The Bertz CT molecular complexity index is 954. The number of rotatable bonds is 9. The molecule has 2 aromatic rings.